The standard InChI is InChI=1S/C22H28N6O4/c23-19(29)16(9-13-2-1-6-25-20(13)30)27-21(31)17(8-12-3-4-12)28-22(32)18-10-14-11-24-7-5-15(14)26-18/h5,7,10-13,16-17,26H,1-4,6,8-9H2,(H2,23,29)(H,25,30)(H,27,31)(H,28,32)/t13-,16-,17-/m0/s1. The Morgan fingerprint density at radius 3 is 2.66 bits per heavy atom. The molecule has 0 bridgehead atoms. The Bertz CT molecular complexity index is 997. The second kappa shape index (κ2) is 9.37. The lowest BCUT2D eigenvalue weighted by molar-refractivity contribution is -0.131. The number of pyridine rings is 1. The Balaban J connectivity index is 1.43. The van der Waals surface area contributed by atoms with E-state index in [1.165, 1.54) is 0 Å². The first-order valence-corrected chi connectivity index (χ1v) is 11.0. The maximum atomic E-state index is 13.0. The molecule has 32 heavy (non-hydrogen) atoms. The van der Waals surface area contributed by atoms with Gasteiger partial charge in [-0.3, -0.25) is 24.2 Å². The Morgan fingerprint density at radius 2 is 1.97 bits per heavy atom. The molecule has 0 aromatic carbocycles. The third kappa shape index (κ3) is 5.24. The van der Waals surface area contributed by atoms with Gasteiger partial charge >= 0.3 is 0 Å². The van der Waals surface area contributed by atoms with Gasteiger partial charge < -0.3 is 26.7 Å². The zero-order valence-electron chi connectivity index (χ0n) is 17.7. The summed E-state index contributed by atoms with van der Waals surface area (Å²) >= 11 is 0. The van der Waals surface area contributed by atoms with Crippen molar-refractivity contribution in [2.24, 2.45) is 17.6 Å². The number of hydrogen-bond donors (Lipinski definition) is 5. The van der Waals surface area contributed by atoms with Crippen LogP contribution >= 0.6 is 0 Å². The molecule has 0 spiro atoms. The monoisotopic (exact) mass is 440 g/mol. The number of aromatic nitrogens is 2. The van der Waals surface area contributed by atoms with Crippen molar-refractivity contribution >= 4 is 34.5 Å². The molecule has 6 N–H and O–H groups in total. The second-order valence-corrected chi connectivity index (χ2v) is 8.68. The van der Waals surface area contributed by atoms with Crippen LogP contribution < -0.4 is 21.7 Å². The van der Waals surface area contributed by atoms with E-state index in [9.17, 15) is 19.2 Å². The van der Waals surface area contributed by atoms with Gasteiger partial charge in [0.15, 0.2) is 0 Å². The van der Waals surface area contributed by atoms with Crippen LogP contribution in [0.3, 0.4) is 0 Å². The van der Waals surface area contributed by atoms with Gasteiger partial charge in [0.05, 0.1) is 0 Å². The zero-order valence-corrected chi connectivity index (χ0v) is 17.7. The Labute approximate surface area is 185 Å². The average Bonchev–Trinajstić information content (AvgIpc) is 3.48. The van der Waals surface area contributed by atoms with Gasteiger partial charge in [0.25, 0.3) is 5.91 Å². The molecule has 0 radical (unpaired) electrons. The smallest absolute Gasteiger partial charge is 0.268 e. The van der Waals surface area contributed by atoms with E-state index in [0.717, 1.165) is 30.2 Å². The summed E-state index contributed by atoms with van der Waals surface area (Å²) in [7, 11) is 0. The molecule has 3 heterocycles. The molecule has 4 rings (SSSR count). The number of fused-ring (bicyclic) bond motifs is 1. The van der Waals surface area contributed by atoms with Crippen LogP contribution in [-0.2, 0) is 14.4 Å². The van der Waals surface area contributed by atoms with Gasteiger partial charge in [-0.1, -0.05) is 12.8 Å². The van der Waals surface area contributed by atoms with E-state index in [1.54, 1.807) is 24.5 Å². The Hall–Kier alpha value is -3.43. The first-order valence-electron chi connectivity index (χ1n) is 11.0. The maximum absolute atomic E-state index is 13.0. The van der Waals surface area contributed by atoms with Crippen LogP contribution in [0.4, 0.5) is 0 Å². The fourth-order valence-corrected chi connectivity index (χ4v) is 4.11. The van der Waals surface area contributed by atoms with Crippen LogP contribution in [0.25, 0.3) is 10.9 Å². The van der Waals surface area contributed by atoms with Crippen molar-refractivity contribution < 1.29 is 19.2 Å². The van der Waals surface area contributed by atoms with E-state index in [2.05, 4.69) is 25.9 Å². The predicted molar refractivity (Wildman–Crippen MR) is 116 cm³/mol. The fourth-order valence-electron chi connectivity index (χ4n) is 4.11. The highest BCUT2D eigenvalue weighted by Gasteiger charge is 2.34. The van der Waals surface area contributed by atoms with E-state index in [4.69, 9.17) is 5.73 Å². The lowest BCUT2D eigenvalue weighted by Crippen LogP contribution is -2.54. The normalized spacial score (nSPS) is 20.2. The minimum atomic E-state index is -0.978. The molecular formula is C22H28N6O4. The minimum absolute atomic E-state index is 0.132. The highest BCUT2D eigenvalue weighted by Crippen LogP contribution is 2.33. The van der Waals surface area contributed by atoms with Crippen molar-refractivity contribution in [2.45, 2.75) is 50.6 Å². The van der Waals surface area contributed by atoms with E-state index in [1.807, 2.05) is 0 Å². The summed E-state index contributed by atoms with van der Waals surface area (Å²) in [6, 6.07) is 1.66. The number of amides is 4. The second-order valence-electron chi connectivity index (χ2n) is 8.68. The summed E-state index contributed by atoms with van der Waals surface area (Å²) in [5.41, 5.74) is 6.61. The number of rotatable bonds is 9. The zero-order chi connectivity index (χ0) is 22.7. The number of nitrogens with two attached hydrogens (primary N) is 1. The Morgan fingerprint density at radius 1 is 1.16 bits per heavy atom. The molecule has 0 unspecified atom stereocenters. The van der Waals surface area contributed by atoms with Crippen molar-refractivity contribution in [1.82, 2.24) is 25.9 Å². The van der Waals surface area contributed by atoms with E-state index in [0.29, 0.717) is 31.0 Å². The van der Waals surface area contributed by atoms with Gasteiger partial charge in [-0.15, -0.1) is 0 Å². The summed E-state index contributed by atoms with van der Waals surface area (Å²) in [5, 5.41) is 9.03. The fraction of sp³-hybridized carbons (Fsp3) is 0.500. The van der Waals surface area contributed by atoms with Gasteiger partial charge in [-0.25, -0.2) is 0 Å². The molecule has 3 atom stereocenters. The molecule has 2 fully saturated rings. The number of H-pyrrole nitrogens is 1. The van der Waals surface area contributed by atoms with Crippen molar-refractivity contribution in [3.05, 3.63) is 30.2 Å². The SMILES string of the molecule is NC(=O)[C@H](C[C@@H]1CCCNC1=O)NC(=O)[C@H](CC1CC1)NC(=O)c1cc2cnccc2[nH]1. The van der Waals surface area contributed by atoms with E-state index >= 15 is 0 Å². The molecular weight excluding hydrogens is 412 g/mol. The third-order valence-electron chi connectivity index (χ3n) is 6.13. The summed E-state index contributed by atoms with van der Waals surface area (Å²) in [6.45, 7) is 0.613. The predicted octanol–water partition coefficient (Wildman–Crippen LogP) is 0.348. The summed E-state index contributed by atoms with van der Waals surface area (Å²) < 4.78 is 0. The molecule has 10 nitrogen and oxygen atoms in total. The number of primary amides is 1. The molecule has 1 aliphatic carbocycles. The minimum Gasteiger partial charge on any atom is -0.368 e. The number of hydrogen-bond acceptors (Lipinski definition) is 5. The molecule has 170 valence electrons. The first kappa shape index (κ1) is 21.8. The van der Waals surface area contributed by atoms with Gasteiger partial charge in [-0.2, -0.15) is 0 Å². The van der Waals surface area contributed by atoms with Crippen molar-refractivity contribution in [3.8, 4) is 0 Å². The topological polar surface area (TPSA) is 159 Å². The summed E-state index contributed by atoms with van der Waals surface area (Å²) in [4.78, 5) is 57.0. The third-order valence-corrected chi connectivity index (χ3v) is 6.13. The molecule has 2 aromatic rings. The molecule has 1 saturated carbocycles. The van der Waals surface area contributed by atoms with Gasteiger partial charge in [0, 0.05) is 35.8 Å². The molecule has 10 heteroatoms. The molecule has 2 aliphatic rings. The highest BCUT2D eigenvalue weighted by atomic mass is 16.2. The van der Waals surface area contributed by atoms with Crippen molar-refractivity contribution in [2.75, 3.05) is 6.54 Å². The van der Waals surface area contributed by atoms with Crippen LogP contribution in [0.15, 0.2) is 24.5 Å². The molecule has 4 amide bonds. The lowest BCUT2D eigenvalue weighted by Gasteiger charge is -2.27. The molecule has 2 aromatic heterocycles. The van der Waals surface area contributed by atoms with Gasteiger partial charge in [0.1, 0.15) is 17.8 Å². The summed E-state index contributed by atoms with van der Waals surface area (Å²) in [5.74, 6) is -1.73. The molecule has 1 saturated heterocycles. The Kier molecular flexibility index (Phi) is 6.38. The van der Waals surface area contributed by atoms with Crippen LogP contribution in [-0.4, -0.2) is 52.2 Å². The molecule has 1 aliphatic heterocycles. The van der Waals surface area contributed by atoms with E-state index in [-0.39, 0.29) is 18.2 Å². The average molecular weight is 441 g/mol. The number of nitrogens with zero attached hydrogens (tertiary/aromatic N) is 1. The van der Waals surface area contributed by atoms with Crippen molar-refractivity contribution in [3.63, 3.8) is 0 Å². The quantitative estimate of drug-likeness (QED) is 0.380. The summed E-state index contributed by atoms with van der Waals surface area (Å²) in [6.07, 6.45) is 7.36. The van der Waals surface area contributed by atoms with E-state index < -0.39 is 29.8 Å². The van der Waals surface area contributed by atoms with Crippen LogP contribution in [0.2, 0.25) is 0 Å². The number of nitrogens with one attached hydrogen (secondary N) is 4. The number of aromatic amines is 1. The number of piperidine rings is 1. The maximum Gasteiger partial charge on any atom is 0.268 e. The van der Waals surface area contributed by atoms with Crippen LogP contribution in [0.5, 0.6) is 0 Å². The van der Waals surface area contributed by atoms with Crippen molar-refractivity contribution in [1.29, 1.82) is 0 Å². The number of carbonyl (C=O) groups excluding carboxylic acids is 4. The largest absolute Gasteiger partial charge is 0.368 e. The highest BCUT2D eigenvalue weighted by molar-refractivity contribution is 6.00. The van der Waals surface area contributed by atoms with Gasteiger partial charge in [-0.05, 0) is 43.7 Å². The van der Waals surface area contributed by atoms with Crippen LogP contribution in [0.1, 0.15) is 49.0 Å². The lowest BCUT2D eigenvalue weighted by atomic mass is 9.91. The van der Waals surface area contributed by atoms with Crippen LogP contribution in [0, 0.1) is 11.8 Å². The van der Waals surface area contributed by atoms with Gasteiger partial charge in [0.2, 0.25) is 17.7 Å². The number of carbonyl (C=O) groups is 4. The first-order chi connectivity index (χ1) is 15.4.